The third-order valence-electron chi connectivity index (χ3n) is 6.60. The number of carbonyl (C=O) groups excluding carboxylic acids is 3. The third-order valence-corrected chi connectivity index (χ3v) is 7.77. The summed E-state index contributed by atoms with van der Waals surface area (Å²) < 4.78 is 16.4. The Bertz CT molecular complexity index is 1400. The lowest BCUT2D eigenvalue weighted by molar-refractivity contribution is -0.127. The van der Waals surface area contributed by atoms with Gasteiger partial charge in [0, 0.05) is 10.4 Å². The number of hydrogen-bond acceptors (Lipinski definition) is 8. The molecule has 2 aromatic carbocycles. The van der Waals surface area contributed by atoms with Crippen molar-refractivity contribution in [3.63, 3.8) is 0 Å². The van der Waals surface area contributed by atoms with E-state index < -0.39 is 18.0 Å². The monoisotopic (exact) mass is 577 g/mol. The molecule has 0 saturated carbocycles. The molecule has 1 aromatic heterocycles. The van der Waals surface area contributed by atoms with Crippen LogP contribution in [-0.2, 0) is 22.4 Å². The third kappa shape index (κ3) is 7.73. The zero-order valence-electron chi connectivity index (χ0n) is 23.7. The number of hydrogen-bond donors (Lipinski definition) is 2. The summed E-state index contributed by atoms with van der Waals surface area (Å²) >= 11 is 1.45. The molecule has 1 heterocycles. The van der Waals surface area contributed by atoms with Gasteiger partial charge < -0.3 is 19.5 Å². The smallest absolute Gasteiger partial charge is 0.341 e. The van der Waals surface area contributed by atoms with Gasteiger partial charge in [-0.1, -0.05) is 6.92 Å². The van der Waals surface area contributed by atoms with Crippen molar-refractivity contribution in [1.82, 2.24) is 5.43 Å². The van der Waals surface area contributed by atoms with E-state index in [0.29, 0.717) is 34.4 Å². The van der Waals surface area contributed by atoms with Crippen LogP contribution in [0, 0.1) is 5.92 Å². The number of nitrogens with one attached hydrogen (secondary N) is 2. The molecule has 10 heteroatoms. The minimum Gasteiger partial charge on any atom is -0.494 e. The number of carbonyl (C=O) groups is 3. The number of nitrogens with zero attached hydrogens (tertiary/aromatic N) is 1. The highest BCUT2D eigenvalue weighted by Gasteiger charge is 2.29. The van der Waals surface area contributed by atoms with Crippen LogP contribution < -0.4 is 20.2 Å². The molecule has 216 valence electrons. The Kier molecular flexibility index (Phi) is 10.1. The van der Waals surface area contributed by atoms with Crippen LogP contribution in [0.3, 0.4) is 0 Å². The first kappa shape index (κ1) is 29.8. The molecule has 1 aliphatic carbocycles. The summed E-state index contributed by atoms with van der Waals surface area (Å²) in [6, 6.07) is 13.8. The minimum atomic E-state index is -0.820. The highest BCUT2D eigenvalue weighted by atomic mass is 32.1. The van der Waals surface area contributed by atoms with Crippen LogP contribution in [0.25, 0.3) is 0 Å². The summed E-state index contributed by atoms with van der Waals surface area (Å²) in [6.45, 7) is 8.34. The van der Waals surface area contributed by atoms with Gasteiger partial charge in [0.15, 0.2) is 6.10 Å². The molecule has 0 aliphatic heterocycles. The maximum Gasteiger partial charge on any atom is 0.341 e. The summed E-state index contributed by atoms with van der Waals surface area (Å²) in [5, 5.41) is 7.42. The molecule has 2 N–H and O–H groups in total. The second-order valence-corrected chi connectivity index (χ2v) is 10.9. The predicted molar refractivity (Wildman–Crippen MR) is 159 cm³/mol. The number of benzene rings is 2. The lowest BCUT2D eigenvalue weighted by Gasteiger charge is -2.18. The average molecular weight is 578 g/mol. The molecule has 0 fully saturated rings. The predicted octanol–water partition coefficient (Wildman–Crippen LogP) is 5.62. The number of amides is 2. The number of rotatable bonds is 11. The van der Waals surface area contributed by atoms with Crippen molar-refractivity contribution >= 4 is 40.3 Å². The van der Waals surface area contributed by atoms with Crippen molar-refractivity contribution in [3.8, 4) is 11.5 Å². The van der Waals surface area contributed by atoms with E-state index in [1.54, 1.807) is 38.1 Å². The molecule has 4 rings (SSSR count). The van der Waals surface area contributed by atoms with E-state index in [1.807, 2.05) is 31.2 Å². The molecule has 41 heavy (non-hydrogen) atoms. The summed E-state index contributed by atoms with van der Waals surface area (Å²) in [6.07, 6.45) is 3.38. The van der Waals surface area contributed by atoms with Gasteiger partial charge in [-0.2, -0.15) is 5.10 Å². The fourth-order valence-electron chi connectivity index (χ4n) is 4.45. The van der Waals surface area contributed by atoms with Gasteiger partial charge in [0.25, 0.3) is 11.8 Å². The Hall–Kier alpha value is -4.18. The largest absolute Gasteiger partial charge is 0.494 e. The Morgan fingerprint density at radius 3 is 2.44 bits per heavy atom. The van der Waals surface area contributed by atoms with Crippen LogP contribution in [-0.4, -0.2) is 43.3 Å². The van der Waals surface area contributed by atoms with Crippen LogP contribution in [0.15, 0.2) is 53.6 Å². The molecule has 0 unspecified atom stereocenters. The van der Waals surface area contributed by atoms with Crippen LogP contribution in [0.5, 0.6) is 11.5 Å². The molecule has 2 atom stereocenters. The van der Waals surface area contributed by atoms with Gasteiger partial charge in [-0.25, -0.2) is 10.2 Å². The first-order valence-corrected chi connectivity index (χ1v) is 14.6. The minimum absolute atomic E-state index is 0.264. The van der Waals surface area contributed by atoms with Crippen molar-refractivity contribution in [2.24, 2.45) is 11.0 Å². The van der Waals surface area contributed by atoms with Crippen molar-refractivity contribution in [2.75, 3.05) is 18.5 Å². The SMILES string of the molecule is CCOC(=O)c1c(NC(=O)c2ccc(O[C@@H](C)C(=O)N/N=C\c3ccc(OCC)cc3)cc2)sc2c1CC[C@H](C)C2. The topological polar surface area (TPSA) is 115 Å². The van der Waals surface area contributed by atoms with Gasteiger partial charge in [-0.05, 0) is 106 Å². The van der Waals surface area contributed by atoms with Crippen molar-refractivity contribution in [1.29, 1.82) is 0 Å². The first-order valence-electron chi connectivity index (χ1n) is 13.7. The van der Waals surface area contributed by atoms with E-state index >= 15 is 0 Å². The van der Waals surface area contributed by atoms with E-state index in [9.17, 15) is 14.4 Å². The zero-order chi connectivity index (χ0) is 29.4. The van der Waals surface area contributed by atoms with E-state index in [4.69, 9.17) is 14.2 Å². The van der Waals surface area contributed by atoms with Crippen LogP contribution in [0.1, 0.15) is 70.8 Å². The Labute approximate surface area is 243 Å². The normalized spacial score (nSPS) is 15.1. The van der Waals surface area contributed by atoms with Gasteiger partial charge in [-0.15, -0.1) is 11.3 Å². The number of ether oxygens (including phenoxy) is 3. The van der Waals surface area contributed by atoms with E-state index in [1.165, 1.54) is 17.6 Å². The first-order chi connectivity index (χ1) is 19.8. The maximum atomic E-state index is 13.1. The highest BCUT2D eigenvalue weighted by Crippen LogP contribution is 2.40. The van der Waals surface area contributed by atoms with Crippen molar-refractivity contribution < 1.29 is 28.6 Å². The lowest BCUT2D eigenvalue weighted by atomic mass is 9.88. The van der Waals surface area contributed by atoms with Gasteiger partial charge >= 0.3 is 5.97 Å². The molecule has 0 saturated heterocycles. The molecule has 9 nitrogen and oxygen atoms in total. The Balaban J connectivity index is 1.34. The molecular formula is C31H35N3O6S. The molecule has 0 radical (unpaired) electrons. The van der Waals surface area contributed by atoms with Gasteiger partial charge in [0.05, 0.1) is 25.0 Å². The van der Waals surface area contributed by atoms with Crippen LogP contribution >= 0.6 is 11.3 Å². The van der Waals surface area contributed by atoms with Gasteiger partial charge in [0.2, 0.25) is 0 Å². The van der Waals surface area contributed by atoms with Gasteiger partial charge in [-0.3, -0.25) is 9.59 Å². The number of hydrazone groups is 1. The second-order valence-electron chi connectivity index (χ2n) is 9.75. The molecular weight excluding hydrogens is 542 g/mol. The summed E-state index contributed by atoms with van der Waals surface area (Å²) in [5.41, 5.74) is 5.13. The summed E-state index contributed by atoms with van der Waals surface area (Å²) in [5.74, 6) is 0.546. The summed E-state index contributed by atoms with van der Waals surface area (Å²) in [4.78, 5) is 39.4. The van der Waals surface area contributed by atoms with Crippen molar-refractivity contribution in [2.45, 2.75) is 53.1 Å². The van der Waals surface area contributed by atoms with E-state index in [2.05, 4.69) is 22.8 Å². The van der Waals surface area contributed by atoms with Crippen molar-refractivity contribution in [3.05, 3.63) is 75.7 Å². The van der Waals surface area contributed by atoms with Gasteiger partial charge in [0.1, 0.15) is 16.5 Å². The Morgan fingerprint density at radius 2 is 1.76 bits per heavy atom. The van der Waals surface area contributed by atoms with E-state index in [-0.39, 0.29) is 12.5 Å². The number of thiophene rings is 1. The number of esters is 1. The quantitative estimate of drug-likeness (QED) is 0.174. The number of fused-ring (bicyclic) bond motifs is 1. The van der Waals surface area contributed by atoms with E-state index in [0.717, 1.165) is 41.0 Å². The number of anilines is 1. The van der Waals surface area contributed by atoms with Crippen LogP contribution in [0.2, 0.25) is 0 Å². The molecule has 2 amide bonds. The highest BCUT2D eigenvalue weighted by molar-refractivity contribution is 7.17. The lowest BCUT2D eigenvalue weighted by Crippen LogP contribution is -2.33. The fraction of sp³-hybridized carbons (Fsp3) is 0.355. The molecule has 0 spiro atoms. The zero-order valence-corrected chi connectivity index (χ0v) is 24.5. The summed E-state index contributed by atoms with van der Waals surface area (Å²) in [7, 11) is 0. The second kappa shape index (κ2) is 13.9. The average Bonchev–Trinajstić information content (AvgIpc) is 3.31. The molecule has 3 aromatic rings. The van der Waals surface area contributed by atoms with Crippen LogP contribution in [0.4, 0.5) is 5.00 Å². The molecule has 0 bridgehead atoms. The molecule has 1 aliphatic rings. The maximum absolute atomic E-state index is 13.1. The fourth-order valence-corrected chi connectivity index (χ4v) is 5.85. The Morgan fingerprint density at radius 1 is 1.05 bits per heavy atom. The standard InChI is InChI=1S/C31H35N3O6S/c1-5-38-23-12-8-21(9-13-23)18-32-34-28(35)20(4)40-24-14-10-22(11-15-24)29(36)33-30-27(31(37)39-6-2)25-16-7-19(3)17-26(25)41-30/h8-15,18-20H,5-7,16-17H2,1-4H3,(H,33,36)(H,34,35)/b32-18-/t19-,20-/m0/s1.